The minimum Gasteiger partial charge on any atom is -0.315 e. The second-order valence-corrected chi connectivity index (χ2v) is 7.79. The fourth-order valence-electron chi connectivity index (χ4n) is 2.73. The molecule has 1 heterocycles. The number of para-hydroxylation sites is 1. The highest BCUT2D eigenvalue weighted by Gasteiger charge is 2.23. The number of benzene rings is 2. The van der Waals surface area contributed by atoms with Gasteiger partial charge in [-0.15, -0.1) is 10.2 Å². The molecule has 27 heavy (non-hydrogen) atoms. The van der Waals surface area contributed by atoms with E-state index in [9.17, 15) is 4.79 Å². The summed E-state index contributed by atoms with van der Waals surface area (Å²) >= 11 is 7.39. The lowest BCUT2D eigenvalue weighted by molar-refractivity contribution is -0.117. The van der Waals surface area contributed by atoms with Crippen molar-refractivity contribution in [3.05, 3.63) is 59.6 Å². The first-order valence-electron chi connectivity index (χ1n) is 8.69. The van der Waals surface area contributed by atoms with Crippen LogP contribution in [0.15, 0.2) is 59.8 Å². The number of thioether (sulfide) groups is 1. The topological polar surface area (TPSA) is 51.0 Å². The van der Waals surface area contributed by atoms with Gasteiger partial charge in [-0.2, -0.15) is 0 Å². The fourth-order valence-corrected chi connectivity index (χ4v) is 3.87. The lowest BCUT2D eigenvalue weighted by Crippen LogP contribution is -2.33. The average molecular weight is 401 g/mol. The summed E-state index contributed by atoms with van der Waals surface area (Å²) < 4.78 is 2.01. The Kier molecular flexibility index (Phi) is 6.19. The minimum absolute atomic E-state index is 0.0184. The summed E-state index contributed by atoms with van der Waals surface area (Å²) in [6.07, 6.45) is 0. The first kappa shape index (κ1) is 19.5. The van der Waals surface area contributed by atoms with Crippen LogP contribution in [0.2, 0.25) is 5.02 Å². The van der Waals surface area contributed by atoms with Gasteiger partial charge >= 0.3 is 0 Å². The van der Waals surface area contributed by atoms with E-state index in [1.54, 1.807) is 11.9 Å². The maximum atomic E-state index is 12.8. The van der Waals surface area contributed by atoms with E-state index in [-0.39, 0.29) is 11.2 Å². The first-order chi connectivity index (χ1) is 13.0. The number of carbonyl (C=O) groups is 1. The zero-order chi connectivity index (χ0) is 19.4. The van der Waals surface area contributed by atoms with Gasteiger partial charge < -0.3 is 9.47 Å². The summed E-state index contributed by atoms with van der Waals surface area (Å²) in [5.41, 5.74) is 1.81. The molecule has 0 saturated carbocycles. The predicted octanol–water partition coefficient (Wildman–Crippen LogP) is 4.76. The number of amides is 1. The molecule has 0 unspecified atom stereocenters. The van der Waals surface area contributed by atoms with Crippen LogP contribution >= 0.6 is 23.4 Å². The Bertz CT molecular complexity index is 911. The zero-order valence-electron chi connectivity index (χ0n) is 15.5. The van der Waals surface area contributed by atoms with Crippen molar-refractivity contribution >= 4 is 35.0 Å². The fraction of sp³-hybridized carbons (Fsp3) is 0.250. The van der Waals surface area contributed by atoms with Gasteiger partial charge in [0.25, 0.3) is 0 Å². The molecule has 0 N–H and O–H groups in total. The summed E-state index contributed by atoms with van der Waals surface area (Å²) in [7, 11) is 1.79. The molecule has 1 aromatic heterocycles. The molecule has 3 aromatic rings. The van der Waals surface area contributed by atoms with E-state index in [1.807, 2.05) is 73.0 Å². The van der Waals surface area contributed by atoms with E-state index in [2.05, 4.69) is 10.2 Å². The van der Waals surface area contributed by atoms with Crippen molar-refractivity contribution in [3.8, 4) is 11.4 Å². The van der Waals surface area contributed by atoms with Gasteiger partial charge in [0.05, 0.1) is 5.25 Å². The van der Waals surface area contributed by atoms with Crippen LogP contribution in [0.25, 0.3) is 11.4 Å². The van der Waals surface area contributed by atoms with Crippen molar-refractivity contribution in [2.45, 2.75) is 30.8 Å². The van der Waals surface area contributed by atoms with Crippen LogP contribution in [0.3, 0.4) is 0 Å². The third kappa shape index (κ3) is 4.34. The third-order valence-electron chi connectivity index (χ3n) is 4.24. The number of anilines is 1. The van der Waals surface area contributed by atoms with Crippen molar-refractivity contribution in [2.75, 3.05) is 11.9 Å². The lowest BCUT2D eigenvalue weighted by atomic mass is 10.2. The maximum Gasteiger partial charge on any atom is 0.240 e. The first-order valence-corrected chi connectivity index (χ1v) is 9.95. The molecule has 1 amide bonds. The SMILES string of the molecule is CCn1c(S[C@@H](C)C(=O)N(C)c2ccccc2)nnc1-c1ccc(Cl)cc1. The Balaban J connectivity index is 1.79. The number of nitrogens with zero attached hydrogens (tertiary/aromatic N) is 4. The van der Waals surface area contributed by atoms with Crippen molar-refractivity contribution in [2.24, 2.45) is 0 Å². The number of hydrogen-bond acceptors (Lipinski definition) is 4. The smallest absolute Gasteiger partial charge is 0.240 e. The van der Waals surface area contributed by atoms with Gasteiger partial charge in [0.2, 0.25) is 5.91 Å². The van der Waals surface area contributed by atoms with Crippen LogP contribution in [-0.4, -0.2) is 33.0 Å². The number of halogens is 1. The molecule has 3 rings (SSSR count). The molecule has 0 saturated heterocycles. The van der Waals surface area contributed by atoms with E-state index in [0.29, 0.717) is 11.6 Å². The third-order valence-corrected chi connectivity index (χ3v) is 5.56. The van der Waals surface area contributed by atoms with Gasteiger partial charge in [-0.1, -0.05) is 41.6 Å². The summed E-state index contributed by atoms with van der Waals surface area (Å²) in [5, 5.41) is 9.76. The molecule has 0 spiro atoms. The van der Waals surface area contributed by atoms with E-state index < -0.39 is 0 Å². The number of aromatic nitrogens is 3. The normalized spacial score (nSPS) is 12.0. The molecule has 0 aliphatic rings. The molecular weight excluding hydrogens is 380 g/mol. The summed E-state index contributed by atoms with van der Waals surface area (Å²) in [6, 6.07) is 17.1. The van der Waals surface area contributed by atoms with E-state index in [0.717, 1.165) is 22.2 Å². The second kappa shape index (κ2) is 8.59. The monoisotopic (exact) mass is 400 g/mol. The van der Waals surface area contributed by atoms with E-state index in [1.165, 1.54) is 11.8 Å². The molecule has 0 aliphatic carbocycles. The second-order valence-electron chi connectivity index (χ2n) is 6.05. The highest BCUT2D eigenvalue weighted by Crippen LogP contribution is 2.28. The molecule has 0 radical (unpaired) electrons. The Morgan fingerprint density at radius 1 is 1.15 bits per heavy atom. The number of carbonyl (C=O) groups excluding carboxylic acids is 1. The van der Waals surface area contributed by atoms with Crippen LogP contribution in [-0.2, 0) is 11.3 Å². The Hall–Kier alpha value is -2.31. The van der Waals surface area contributed by atoms with Crippen LogP contribution in [0, 0.1) is 0 Å². The van der Waals surface area contributed by atoms with Crippen molar-refractivity contribution in [1.82, 2.24) is 14.8 Å². The Morgan fingerprint density at radius 3 is 2.44 bits per heavy atom. The standard InChI is InChI=1S/C20H21ClN4OS/c1-4-25-18(15-10-12-16(21)13-11-15)22-23-20(25)27-14(2)19(26)24(3)17-8-6-5-7-9-17/h5-14H,4H2,1-3H3/t14-/m0/s1. The molecule has 0 aliphatic heterocycles. The summed E-state index contributed by atoms with van der Waals surface area (Å²) in [6.45, 7) is 4.64. The summed E-state index contributed by atoms with van der Waals surface area (Å²) in [4.78, 5) is 14.5. The highest BCUT2D eigenvalue weighted by atomic mass is 35.5. The molecule has 7 heteroatoms. The molecule has 0 bridgehead atoms. The quantitative estimate of drug-likeness (QED) is 0.559. The maximum absolute atomic E-state index is 12.8. The van der Waals surface area contributed by atoms with Gasteiger partial charge in [0.1, 0.15) is 0 Å². The van der Waals surface area contributed by atoms with Crippen LogP contribution in [0.5, 0.6) is 0 Å². The minimum atomic E-state index is -0.289. The number of rotatable bonds is 6. The Labute approximate surface area is 168 Å². The molecule has 5 nitrogen and oxygen atoms in total. The predicted molar refractivity (Wildman–Crippen MR) is 111 cm³/mol. The molecule has 1 atom stereocenters. The molecule has 140 valence electrons. The molecule has 0 fully saturated rings. The van der Waals surface area contributed by atoms with Crippen LogP contribution in [0.4, 0.5) is 5.69 Å². The van der Waals surface area contributed by atoms with Crippen LogP contribution < -0.4 is 4.90 Å². The number of hydrogen-bond donors (Lipinski definition) is 0. The van der Waals surface area contributed by atoms with E-state index >= 15 is 0 Å². The van der Waals surface area contributed by atoms with Crippen molar-refractivity contribution in [1.29, 1.82) is 0 Å². The van der Waals surface area contributed by atoms with Crippen LogP contribution in [0.1, 0.15) is 13.8 Å². The molecular formula is C20H21ClN4OS. The highest BCUT2D eigenvalue weighted by molar-refractivity contribution is 8.00. The lowest BCUT2D eigenvalue weighted by Gasteiger charge is -2.21. The largest absolute Gasteiger partial charge is 0.315 e. The van der Waals surface area contributed by atoms with Gasteiger partial charge in [0, 0.05) is 29.9 Å². The Morgan fingerprint density at radius 2 is 1.81 bits per heavy atom. The zero-order valence-corrected chi connectivity index (χ0v) is 17.0. The summed E-state index contributed by atoms with van der Waals surface area (Å²) in [5.74, 6) is 0.789. The van der Waals surface area contributed by atoms with Gasteiger partial charge in [-0.25, -0.2) is 0 Å². The van der Waals surface area contributed by atoms with Gasteiger partial charge in [-0.3, -0.25) is 4.79 Å². The van der Waals surface area contributed by atoms with Crippen molar-refractivity contribution in [3.63, 3.8) is 0 Å². The molecule has 2 aromatic carbocycles. The van der Waals surface area contributed by atoms with E-state index in [4.69, 9.17) is 11.6 Å². The van der Waals surface area contributed by atoms with Crippen molar-refractivity contribution < 1.29 is 4.79 Å². The van der Waals surface area contributed by atoms with Gasteiger partial charge in [-0.05, 0) is 50.2 Å². The average Bonchev–Trinajstić information content (AvgIpc) is 3.10. The van der Waals surface area contributed by atoms with Gasteiger partial charge in [0.15, 0.2) is 11.0 Å².